The number of halogens is 2. The van der Waals surface area contributed by atoms with Gasteiger partial charge in [0, 0.05) is 35.6 Å². The molecule has 3 aliphatic rings. The molecule has 0 radical (unpaired) electrons. The predicted octanol–water partition coefficient (Wildman–Crippen LogP) is 5.38. The molecule has 1 unspecified atom stereocenters. The highest BCUT2D eigenvalue weighted by Crippen LogP contribution is 2.44. The highest BCUT2D eigenvalue weighted by Gasteiger charge is 2.41. The van der Waals surface area contributed by atoms with E-state index in [4.69, 9.17) is 11.6 Å². The Morgan fingerprint density at radius 3 is 2.52 bits per heavy atom. The Balaban J connectivity index is 1.16. The predicted molar refractivity (Wildman–Crippen MR) is 121 cm³/mol. The van der Waals surface area contributed by atoms with Crippen LogP contribution in [0.3, 0.4) is 0 Å². The van der Waals surface area contributed by atoms with Gasteiger partial charge in [-0.3, -0.25) is 14.5 Å². The van der Waals surface area contributed by atoms with Crippen LogP contribution in [0.5, 0.6) is 0 Å². The summed E-state index contributed by atoms with van der Waals surface area (Å²) in [5.41, 5.74) is 0.717. The van der Waals surface area contributed by atoms with Crippen molar-refractivity contribution in [2.24, 2.45) is 11.3 Å². The monoisotopic (exact) mass is 448 g/mol. The molecular formula is C25H34ClFN2O2. The molecule has 2 saturated heterocycles. The Labute approximate surface area is 189 Å². The van der Waals surface area contributed by atoms with Crippen LogP contribution in [0.15, 0.2) is 18.2 Å². The molecule has 170 valence electrons. The summed E-state index contributed by atoms with van der Waals surface area (Å²) in [4.78, 5) is 27.2. The highest BCUT2D eigenvalue weighted by atomic mass is 35.5. The number of hydrogen-bond acceptors (Lipinski definition) is 3. The van der Waals surface area contributed by atoms with E-state index >= 15 is 0 Å². The Kier molecular flexibility index (Phi) is 7.02. The summed E-state index contributed by atoms with van der Waals surface area (Å²) < 4.78 is 13.4. The minimum atomic E-state index is -0.464. The van der Waals surface area contributed by atoms with Crippen LogP contribution in [-0.4, -0.2) is 41.8 Å². The van der Waals surface area contributed by atoms with Crippen molar-refractivity contribution in [3.05, 3.63) is 34.6 Å². The molecule has 6 heteroatoms. The number of piperidine rings is 1. The summed E-state index contributed by atoms with van der Waals surface area (Å²) in [6.07, 6.45) is 10.6. The Hall–Kier alpha value is -1.46. The second-order valence-electron chi connectivity index (χ2n) is 10.3. The van der Waals surface area contributed by atoms with Gasteiger partial charge in [-0.15, -0.1) is 0 Å². The molecule has 2 heterocycles. The fourth-order valence-electron chi connectivity index (χ4n) is 5.38. The Bertz CT molecular complexity index is 791. The van der Waals surface area contributed by atoms with Crippen LogP contribution >= 0.6 is 11.6 Å². The van der Waals surface area contributed by atoms with Gasteiger partial charge in [-0.05, 0) is 74.5 Å². The molecule has 1 aliphatic carbocycles. The zero-order valence-electron chi connectivity index (χ0n) is 18.5. The minimum absolute atomic E-state index is 0.0395. The van der Waals surface area contributed by atoms with E-state index in [1.54, 1.807) is 6.07 Å². The number of nitrogens with zero attached hydrogens (tertiary/aromatic N) is 1. The normalized spacial score (nSPS) is 26.6. The molecule has 3 atom stereocenters. The van der Waals surface area contributed by atoms with Crippen molar-refractivity contribution in [2.45, 2.75) is 83.2 Å². The van der Waals surface area contributed by atoms with Crippen molar-refractivity contribution in [1.82, 2.24) is 10.2 Å². The van der Waals surface area contributed by atoms with Crippen LogP contribution < -0.4 is 5.32 Å². The number of carbonyl (C=O) groups excluding carboxylic acids is 2. The van der Waals surface area contributed by atoms with Gasteiger partial charge in [-0.1, -0.05) is 31.4 Å². The van der Waals surface area contributed by atoms with Crippen molar-refractivity contribution >= 4 is 23.3 Å². The lowest BCUT2D eigenvalue weighted by atomic mass is 9.86. The number of amides is 1. The number of benzene rings is 1. The molecule has 1 N–H and O–H groups in total. The molecule has 1 saturated carbocycles. The van der Waals surface area contributed by atoms with E-state index in [-0.39, 0.29) is 16.7 Å². The average Bonchev–Trinajstić information content (AvgIpc) is 3.41. The summed E-state index contributed by atoms with van der Waals surface area (Å²) >= 11 is 5.85. The standard InChI is InChI=1S/C25H34ClFN2O2/c1-25(8-9-25)16-28-24(31)15-29-21-6-7-22(29)11-17(10-21)4-2-3-5-23(30)18-12-19(26)14-20(27)13-18/h12-14,17,21-22H,2-11,15-16H2,1H3,(H,28,31)/t17?,21-,22+. The second-order valence-corrected chi connectivity index (χ2v) is 10.7. The molecule has 2 aliphatic heterocycles. The van der Waals surface area contributed by atoms with Crippen LogP contribution in [-0.2, 0) is 4.79 Å². The number of rotatable bonds is 10. The van der Waals surface area contributed by atoms with Crippen molar-refractivity contribution in [3.8, 4) is 0 Å². The molecule has 1 aromatic carbocycles. The number of Topliss-reactive ketones (excluding diaryl/α,β-unsaturated/α-hetero) is 1. The SMILES string of the molecule is CC1(CNC(=O)CN2[C@@H]3CC[C@H]2CC(CCCCC(=O)c2cc(F)cc(Cl)c2)C3)CC1. The summed E-state index contributed by atoms with van der Waals surface area (Å²) in [6.45, 7) is 3.60. The van der Waals surface area contributed by atoms with Gasteiger partial charge in [-0.25, -0.2) is 4.39 Å². The number of hydrogen-bond donors (Lipinski definition) is 1. The van der Waals surface area contributed by atoms with E-state index in [9.17, 15) is 14.0 Å². The van der Waals surface area contributed by atoms with Crippen molar-refractivity contribution in [2.75, 3.05) is 13.1 Å². The fraction of sp³-hybridized carbons (Fsp3) is 0.680. The van der Waals surface area contributed by atoms with Crippen molar-refractivity contribution in [3.63, 3.8) is 0 Å². The zero-order valence-corrected chi connectivity index (χ0v) is 19.2. The van der Waals surface area contributed by atoms with E-state index in [1.165, 1.54) is 37.8 Å². The molecule has 0 spiro atoms. The first kappa shape index (κ1) is 22.7. The lowest BCUT2D eigenvalue weighted by Gasteiger charge is -2.38. The topological polar surface area (TPSA) is 49.4 Å². The average molecular weight is 449 g/mol. The second kappa shape index (κ2) is 9.58. The van der Waals surface area contributed by atoms with Gasteiger partial charge < -0.3 is 5.32 Å². The fourth-order valence-corrected chi connectivity index (χ4v) is 5.60. The number of ketones is 1. The summed E-state index contributed by atoms with van der Waals surface area (Å²) in [5.74, 6) is 0.358. The van der Waals surface area contributed by atoms with Gasteiger partial charge in [0.05, 0.1) is 6.54 Å². The van der Waals surface area contributed by atoms with Gasteiger partial charge in [0.1, 0.15) is 5.82 Å². The summed E-state index contributed by atoms with van der Waals surface area (Å²) in [6, 6.07) is 5.09. The van der Waals surface area contributed by atoms with Crippen molar-refractivity contribution < 1.29 is 14.0 Å². The largest absolute Gasteiger partial charge is 0.354 e. The maximum absolute atomic E-state index is 13.4. The third-order valence-electron chi connectivity index (χ3n) is 7.57. The number of nitrogens with one attached hydrogen (secondary N) is 1. The van der Waals surface area contributed by atoms with Crippen LogP contribution in [0.1, 0.15) is 81.5 Å². The van der Waals surface area contributed by atoms with Gasteiger partial charge in [0.25, 0.3) is 0 Å². The smallest absolute Gasteiger partial charge is 0.234 e. The number of fused-ring (bicyclic) bond motifs is 2. The third-order valence-corrected chi connectivity index (χ3v) is 7.79. The lowest BCUT2D eigenvalue weighted by molar-refractivity contribution is -0.123. The Morgan fingerprint density at radius 2 is 1.87 bits per heavy atom. The first-order valence-electron chi connectivity index (χ1n) is 11.8. The number of unbranched alkanes of at least 4 members (excludes halogenated alkanes) is 1. The van der Waals surface area contributed by atoms with Gasteiger partial charge in [-0.2, -0.15) is 0 Å². The quantitative estimate of drug-likeness (QED) is 0.386. The van der Waals surface area contributed by atoms with Crippen molar-refractivity contribution in [1.29, 1.82) is 0 Å². The first-order chi connectivity index (χ1) is 14.8. The van der Waals surface area contributed by atoms with Gasteiger partial charge in [0.2, 0.25) is 5.91 Å². The molecule has 1 amide bonds. The Morgan fingerprint density at radius 1 is 1.16 bits per heavy atom. The van der Waals surface area contributed by atoms with Gasteiger partial charge >= 0.3 is 0 Å². The molecule has 4 nitrogen and oxygen atoms in total. The first-order valence-corrected chi connectivity index (χ1v) is 12.2. The summed E-state index contributed by atoms with van der Waals surface area (Å²) in [7, 11) is 0. The number of carbonyl (C=O) groups is 2. The zero-order chi connectivity index (χ0) is 22.0. The molecule has 2 bridgehead atoms. The van der Waals surface area contributed by atoms with Crippen LogP contribution in [0.25, 0.3) is 0 Å². The molecule has 3 fully saturated rings. The molecule has 31 heavy (non-hydrogen) atoms. The highest BCUT2D eigenvalue weighted by molar-refractivity contribution is 6.31. The van der Waals surface area contributed by atoms with E-state index in [2.05, 4.69) is 17.1 Å². The third kappa shape index (κ3) is 6.07. The molecule has 4 rings (SSSR count). The lowest BCUT2D eigenvalue weighted by Crippen LogP contribution is -2.48. The van der Waals surface area contributed by atoms with E-state index in [0.29, 0.717) is 41.9 Å². The van der Waals surface area contributed by atoms with E-state index in [0.717, 1.165) is 38.6 Å². The maximum atomic E-state index is 13.4. The van der Waals surface area contributed by atoms with Crippen LogP contribution in [0.4, 0.5) is 4.39 Å². The molecular weight excluding hydrogens is 415 g/mol. The van der Waals surface area contributed by atoms with E-state index < -0.39 is 5.82 Å². The van der Waals surface area contributed by atoms with Crippen LogP contribution in [0, 0.1) is 17.2 Å². The molecule has 1 aromatic rings. The van der Waals surface area contributed by atoms with Crippen LogP contribution in [0.2, 0.25) is 5.02 Å². The minimum Gasteiger partial charge on any atom is -0.354 e. The van der Waals surface area contributed by atoms with E-state index in [1.807, 2.05) is 0 Å². The van der Waals surface area contributed by atoms with Gasteiger partial charge in [0.15, 0.2) is 5.78 Å². The molecule has 0 aromatic heterocycles. The maximum Gasteiger partial charge on any atom is 0.234 e. The summed E-state index contributed by atoms with van der Waals surface area (Å²) in [5, 5.41) is 3.41.